The van der Waals surface area contributed by atoms with E-state index in [-0.39, 0.29) is 17.0 Å². The van der Waals surface area contributed by atoms with Crippen LogP contribution in [-0.4, -0.2) is 49.6 Å². The number of carbonyl (C=O) groups excluding carboxylic acids is 2. The summed E-state index contributed by atoms with van der Waals surface area (Å²) in [5, 5.41) is 3.40. The molecule has 0 bridgehead atoms. The van der Waals surface area contributed by atoms with Crippen molar-refractivity contribution in [3.63, 3.8) is 0 Å². The molecule has 0 radical (unpaired) electrons. The average molecular weight is 401 g/mol. The highest BCUT2D eigenvalue weighted by Gasteiger charge is 2.31. The van der Waals surface area contributed by atoms with Gasteiger partial charge in [0.1, 0.15) is 11.7 Å². The van der Waals surface area contributed by atoms with Crippen LogP contribution in [0.25, 0.3) is 10.9 Å². The van der Waals surface area contributed by atoms with Gasteiger partial charge in [-0.3, -0.25) is 14.4 Å². The van der Waals surface area contributed by atoms with Gasteiger partial charge in [0, 0.05) is 43.8 Å². The Hall–Kier alpha value is -2.74. The van der Waals surface area contributed by atoms with Crippen LogP contribution >= 0.6 is 0 Å². The summed E-state index contributed by atoms with van der Waals surface area (Å²) in [6, 6.07) is 3.11. The molecule has 1 atom stereocenters. The lowest BCUT2D eigenvalue weighted by Crippen LogP contribution is -2.43. The van der Waals surface area contributed by atoms with Gasteiger partial charge in [-0.15, -0.1) is 0 Å². The number of ether oxygens (including phenoxy) is 1. The highest BCUT2D eigenvalue weighted by Crippen LogP contribution is 2.38. The summed E-state index contributed by atoms with van der Waals surface area (Å²) in [5.74, 6) is -2.88. The molecule has 1 aliphatic heterocycles. The SMILES string of the molecule is COC(=O)C(C)C(=O)c1cn(C2CC2)c2cc(N3CCNCC3)c(F)cc2c1=O. The summed E-state index contributed by atoms with van der Waals surface area (Å²) in [4.78, 5) is 39.6. The third-order valence-corrected chi connectivity index (χ3v) is 5.71. The molecule has 1 unspecified atom stereocenters. The number of anilines is 1. The molecule has 7 nitrogen and oxygen atoms in total. The fourth-order valence-electron chi connectivity index (χ4n) is 3.85. The Morgan fingerprint density at radius 3 is 2.55 bits per heavy atom. The summed E-state index contributed by atoms with van der Waals surface area (Å²) in [6.07, 6.45) is 3.39. The monoisotopic (exact) mass is 401 g/mol. The zero-order valence-corrected chi connectivity index (χ0v) is 16.5. The van der Waals surface area contributed by atoms with Crippen LogP contribution in [0.1, 0.15) is 36.2 Å². The van der Waals surface area contributed by atoms with E-state index in [0.717, 1.165) is 25.9 Å². The molecule has 0 amide bonds. The van der Waals surface area contributed by atoms with Crippen molar-refractivity contribution in [2.45, 2.75) is 25.8 Å². The number of ketones is 1. The predicted octanol–water partition coefficient (Wildman–Crippen LogP) is 1.88. The number of hydrogen-bond acceptors (Lipinski definition) is 6. The first-order valence-electron chi connectivity index (χ1n) is 9.88. The van der Waals surface area contributed by atoms with E-state index in [1.54, 1.807) is 6.07 Å². The normalized spacial score (nSPS) is 18.0. The molecule has 1 aromatic heterocycles. The quantitative estimate of drug-likeness (QED) is 0.468. The maximum absolute atomic E-state index is 14.9. The fourth-order valence-corrected chi connectivity index (χ4v) is 3.85. The smallest absolute Gasteiger partial charge is 0.316 e. The lowest BCUT2D eigenvalue weighted by atomic mass is 9.98. The number of esters is 1. The van der Waals surface area contributed by atoms with E-state index in [4.69, 9.17) is 0 Å². The summed E-state index contributed by atoms with van der Waals surface area (Å²) in [6.45, 7) is 4.32. The number of nitrogens with one attached hydrogen (secondary N) is 1. The van der Waals surface area contributed by atoms with Crippen LogP contribution in [0.4, 0.5) is 10.1 Å². The minimum Gasteiger partial charge on any atom is -0.468 e. The van der Waals surface area contributed by atoms with E-state index in [0.29, 0.717) is 24.3 Å². The summed E-state index contributed by atoms with van der Waals surface area (Å²) in [5.41, 5.74) is 0.435. The lowest BCUT2D eigenvalue weighted by Gasteiger charge is -2.30. The van der Waals surface area contributed by atoms with Crippen molar-refractivity contribution in [1.82, 2.24) is 9.88 Å². The van der Waals surface area contributed by atoms with Gasteiger partial charge in [0.05, 0.1) is 23.9 Å². The van der Waals surface area contributed by atoms with Gasteiger partial charge in [0.25, 0.3) is 0 Å². The molecule has 2 heterocycles. The Bertz CT molecular complexity index is 1040. The van der Waals surface area contributed by atoms with Crippen molar-refractivity contribution < 1.29 is 18.7 Å². The molecule has 29 heavy (non-hydrogen) atoms. The highest BCUT2D eigenvalue weighted by atomic mass is 19.1. The van der Waals surface area contributed by atoms with E-state index in [1.165, 1.54) is 26.3 Å². The molecule has 4 rings (SSSR count). The number of fused-ring (bicyclic) bond motifs is 1. The van der Waals surface area contributed by atoms with Crippen LogP contribution in [-0.2, 0) is 9.53 Å². The largest absolute Gasteiger partial charge is 0.468 e. The van der Waals surface area contributed by atoms with Crippen LogP contribution in [0.2, 0.25) is 0 Å². The van der Waals surface area contributed by atoms with Gasteiger partial charge in [-0.25, -0.2) is 4.39 Å². The zero-order chi connectivity index (χ0) is 20.7. The Labute approximate surface area is 167 Å². The summed E-state index contributed by atoms with van der Waals surface area (Å²) < 4.78 is 21.5. The number of methoxy groups -OCH3 is 1. The maximum atomic E-state index is 14.9. The van der Waals surface area contributed by atoms with Crippen LogP contribution < -0.4 is 15.6 Å². The molecule has 8 heteroatoms. The average Bonchev–Trinajstić information content (AvgIpc) is 3.58. The van der Waals surface area contributed by atoms with Gasteiger partial charge in [-0.2, -0.15) is 0 Å². The minimum absolute atomic E-state index is 0.100. The van der Waals surface area contributed by atoms with Crippen molar-refractivity contribution in [1.29, 1.82) is 0 Å². The fraction of sp³-hybridized carbons (Fsp3) is 0.476. The lowest BCUT2D eigenvalue weighted by molar-refractivity contribution is -0.143. The number of Topliss-reactive ketones (excluding diaryl/α,β-unsaturated/α-hetero) is 1. The number of piperazine rings is 1. The number of hydrogen-bond donors (Lipinski definition) is 1. The van der Waals surface area contributed by atoms with Gasteiger partial charge in [0.15, 0.2) is 11.2 Å². The van der Waals surface area contributed by atoms with E-state index >= 15 is 0 Å². The highest BCUT2D eigenvalue weighted by molar-refractivity contribution is 6.09. The van der Waals surface area contributed by atoms with E-state index in [2.05, 4.69) is 10.1 Å². The van der Waals surface area contributed by atoms with Gasteiger partial charge in [-0.1, -0.05) is 0 Å². The number of rotatable bonds is 5. The zero-order valence-electron chi connectivity index (χ0n) is 16.5. The topological polar surface area (TPSA) is 80.6 Å². The second-order valence-electron chi connectivity index (χ2n) is 7.68. The molecule has 1 N–H and O–H groups in total. The van der Waals surface area contributed by atoms with Crippen molar-refractivity contribution in [2.24, 2.45) is 5.92 Å². The van der Waals surface area contributed by atoms with Crippen LogP contribution in [0, 0.1) is 11.7 Å². The first-order chi connectivity index (χ1) is 13.9. The number of nitrogens with zero attached hydrogens (tertiary/aromatic N) is 2. The van der Waals surface area contributed by atoms with Gasteiger partial charge in [0.2, 0.25) is 0 Å². The minimum atomic E-state index is -1.09. The number of halogens is 1. The van der Waals surface area contributed by atoms with Crippen molar-refractivity contribution in [3.8, 4) is 0 Å². The first kappa shape index (κ1) is 19.6. The number of benzene rings is 1. The second kappa shape index (κ2) is 7.59. The molecular formula is C21H24FN3O4. The summed E-state index contributed by atoms with van der Waals surface area (Å²) >= 11 is 0. The Morgan fingerprint density at radius 2 is 1.93 bits per heavy atom. The number of aromatic nitrogens is 1. The van der Waals surface area contributed by atoms with Gasteiger partial charge >= 0.3 is 5.97 Å². The van der Waals surface area contributed by atoms with Crippen LogP contribution in [0.15, 0.2) is 23.1 Å². The van der Waals surface area contributed by atoms with E-state index in [9.17, 15) is 18.8 Å². The second-order valence-corrected chi connectivity index (χ2v) is 7.68. The molecule has 2 fully saturated rings. The maximum Gasteiger partial charge on any atom is 0.316 e. The molecule has 1 saturated heterocycles. The number of carbonyl (C=O) groups is 2. The molecule has 2 aromatic rings. The van der Waals surface area contributed by atoms with Crippen LogP contribution in [0.3, 0.4) is 0 Å². The predicted molar refractivity (Wildman–Crippen MR) is 107 cm³/mol. The Kier molecular flexibility index (Phi) is 5.12. The van der Waals surface area contributed by atoms with Crippen molar-refractivity contribution >= 4 is 28.3 Å². The molecular weight excluding hydrogens is 377 g/mol. The third kappa shape index (κ3) is 3.53. The molecule has 1 aliphatic carbocycles. The van der Waals surface area contributed by atoms with Gasteiger partial charge < -0.3 is 19.5 Å². The summed E-state index contributed by atoms with van der Waals surface area (Å²) in [7, 11) is 1.20. The van der Waals surface area contributed by atoms with Crippen molar-refractivity contribution in [2.75, 3.05) is 38.2 Å². The molecule has 1 saturated carbocycles. The van der Waals surface area contributed by atoms with E-state index in [1.807, 2.05) is 9.47 Å². The molecule has 154 valence electrons. The van der Waals surface area contributed by atoms with Crippen molar-refractivity contribution in [3.05, 3.63) is 39.9 Å². The Balaban J connectivity index is 1.87. The molecule has 2 aliphatic rings. The van der Waals surface area contributed by atoms with Gasteiger partial charge in [-0.05, 0) is 31.9 Å². The standard InChI is InChI=1S/C21H24FN3O4/c1-12(21(28)29-2)19(26)15-11-25(13-3-4-13)17-10-18(24-7-5-23-6-8-24)16(22)9-14(17)20(15)27/h9-13,23H,3-8H2,1-2H3. The molecule has 1 aromatic carbocycles. The van der Waals surface area contributed by atoms with E-state index < -0.39 is 28.9 Å². The molecule has 0 spiro atoms. The number of pyridine rings is 1. The van der Waals surface area contributed by atoms with Crippen LogP contribution in [0.5, 0.6) is 0 Å². The first-order valence-corrected chi connectivity index (χ1v) is 9.88. The third-order valence-electron chi connectivity index (χ3n) is 5.71. The Morgan fingerprint density at radius 1 is 1.24 bits per heavy atom.